The largest absolute Gasteiger partial charge is 0.251 e. The number of halogens is 1. The molecule has 0 radical (unpaired) electrons. The average molecular weight is 337 g/mol. The Morgan fingerprint density at radius 2 is 1.29 bits per heavy atom. The Balaban J connectivity index is 1.53. The molecule has 0 unspecified atom stereocenters. The maximum Gasteiger partial charge on any atom is 0.0897 e. The number of allylic oxidation sites excluding steroid dienone is 2. The summed E-state index contributed by atoms with van der Waals surface area (Å²) in [4.78, 5) is 0. The molecule has 140 valence electrons. The highest BCUT2D eigenvalue weighted by Gasteiger charge is 2.23. The van der Waals surface area contributed by atoms with Crippen LogP contribution in [0.2, 0.25) is 0 Å². The van der Waals surface area contributed by atoms with E-state index in [4.69, 9.17) is 0 Å². The van der Waals surface area contributed by atoms with Crippen molar-refractivity contribution in [1.29, 1.82) is 0 Å². The van der Waals surface area contributed by atoms with Gasteiger partial charge >= 0.3 is 0 Å². The lowest BCUT2D eigenvalue weighted by Gasteiger charge is -2.31. The topological polar surface area (TPSA) is 0 Å². The van der Waals surface area contributed by atoms with Crippen molar-refractivity contribution < 1.29 is 4.39 Å². The first kappa shape index (κ1) is 20.0. The molecule has 0 atom stereocenters. The molecule has 0 saturated heterocycles. The third-order valence-corrected chi connectivity index (χ3v) is 6.72. The Morgan fingerprint density at radius 3 is 1.83 bits per heavy atom. The Kier molecular flexibility index (Phi) is 10.1. The molecular formula is C23H41F. The summed E-state index contributed by atoms with van der Waals surface area (Å²) in [6.07, 6.45) is 25.2. The van der Waals surface area contributed by atoms with Gasteiger partial charge in [-0.25, -0.2) is 0 Å². The lowest BCUT2D eigenvalue weighted by atomic mass is 9.75. The van der Waals surface area contributed by atoms with Gasteiger partial charge < -0.3 is 0 Å². The van der Waals surface area contributed by atoms with Gasteiger partial charge in [-0.1, -0.05) is 76.9 Å². The molecule has 2 fully saturated rings. The predicted molar refractivity (Wildman–Crippen MR) is 104 cm³/mol. The van der Waals surface area contributed by atoms with Gasteiger partial charge in [0.05, 0.1) is 6.67 Å². The van der Waals surface area contributed by atoms with Crippen molar-refractivity contribution in [3.05, 3.63) is 12.2 Å². The normalized spacial score (nSPS) is 31.6. The second-order valence-electron chi connectivity index (χ2n) is 8.65. The third-order valence-electron chi connectivity index (χ3n) is 6.72. The quantitative estimate of drug-likeness (QED) is 0.281. The molecule has 24 heavy (non-hydrogen) atoms. The van der Waals surface area contributed by atoms with Gasteiger partial charge in [-0.15, -0.1) is 0 Å². The summed E-state index contributed by atoms with van der Waals surface area (Å²) < 4.78 is 12.1. The van der Waals surface area contributed by atoms with Crippen LogP contribution in [0, 0.1) is 23.7 Å². The van der Waals surface area contributed by atoms with Crippen LogP contribution in [0.4, 0.5) is 4.39 Å². The fourth-order valence-electron chi connectivity index (χ4n) is 4.93. The molecular weight excluding hydrogens is 295 g/mol. The molecule has 0 spiro atoms. The number of hydrogen-bond donors (Lipinski definition) is 0. The van der Waals surface area contributed by atoms with Gasteiger partial charge in [0.2, 0.25) is 0 Å². The van der Waals surface area contributed by atoms with E-state index in [1.807, 2.05) is 0 Å². The summed E-state index contributed by atoms with van der Waals surface area (Å²) in [5, 5.41) is 0. The van der Waals surface area contributed by atoms with E-state index in [-0.39, 0.29) is 6.67 Å². The Bertz CT molecular complexity index is 319. The van der Waals surface area contributed by atoms with Crippen LogP contribution in [0.3, 0.4) is 0 Å². The fraction of sp³-hybridized carbons (Fsp3) is 0.913. The van der Waals surface area contributed by atoms with Crippen LogP contribution in [0.15, 0.2) is 12.2 Å². The zero-order chi connectivity index (χ0) is 17.0. The molecule has 2 rings (SSSR count). The van der Waals surface area contributed by atoms with Crippen molar-refractivity contribution in [3.8, 4) is 0 Å². The highest BCUT2D eigenvalue weighted by atomic mass is 19.1. The van der Waals surface area contributed by atoms with E-state index < -0.39 is 0 Å². The molecule has 0 aromatic carbocycles. The van der Waals surface area contributed by atoms with E-state index in [0.29, 0.717) is 6.42 Å². The Hall–Kier alpha value is -0.330. The molecule has 0 amide bonds. The van der Waals surface area contributed by atoms with Crippen molar-refractivity contribution in [2.45, 2.75) is 103 Å². The van der Waals surface area contributed by atoms with Crippen LogP contribution in [-0.4, -0.2) is 6.67 Å². The summed E-state index contributed by atoms with van der Waals surface area (Å²) >= 11 is 0. The van der Waals surface area contributed by atoms with Crippen molar-refractivity contribution in [1.82, 2.24) is 0 Å². The molecule has 0 aliphatic heterocycles. The summed E-state index contributed by atoms with van der Waals surface area (Å²) in [5.41, 5.74) is 0. The first-order valence-electron chi connectivity index (χ1n) is 11.0. The monoisotopic (exact) mass is 336 g/mol. The summed E-state index contributed by atoms with van der Waals surface area (Å²) in [6.45, 7) is 2.15. The average Bonchev–Trinajstić information content (AvgIpc) is 2.64. The molecule has 0 N–H and O–H groups in total. The van der Waals surface area contributed by atoms with Gasteiger partial charge in [-0.05, 0) is 62.2 Å². The van der Waals surface area contributed by atoms with E-state index in [9.17, 15) is 4.39 Å². The molecule has 0 nitrogen and oxygen atoms in total. The number of hydrogen-bond acceptors (Lipinski definition) is 0. The van der Waals surface area contributed by atoms with Gasteiger partial charge in [-0.2, -0.15) is 0 Å². The summed E-state index contributed by atoms with van der Waals surface area (Å²) in [5.74, 6) is 3.88. The van der Waals surface area contributed by atoms with Crippen LogP contribution in [0.5, 0.6) is 0 Å². The second-order valence-corrected chi connectivity index (χ2v) is 8.65. The molecule has 0 aromatic heterocycles. The molecule has 1 heteroatoms. The highest BCUT2D eigenvalue weighted by Crippen LogP contribution is 2.37. The van der Waals surface area contributed by atoms with Crippen LogP contribution < -0.4 is 0 Å². The van der Waals surface area contributed by atoms with Gasteiger partial charge in [0, 0.05) is 0 Å². The highest BCUT2D eigenvalue weighted by molar-refractivity contribution is 4.91. The maximum atomic E-state index is 12.1. The molecule has 0 bridgehead atoms. The first-order chi connectivity index (χ1) is 11.8. The zero-order valence-electron chi connectivity index (χ0n) is 16.2. The van der Waals surface area contributed by atoms with E-state index in [2.05, 4.69) is 19.1 Å². The molecule has 2 saturated carbocycles. The fourth-order valence-corrected chi connectivity index (χ4v) is 4.93. The predicted octanol–water partition coefficient (Wildman–Crippen LogP) is 7.88. The van der Waals surface area contributed by atoms with Gasteiger partial charge in [-0.3, -0.25) is 4.39 Å². The van der Waals surface area contributed by atoms with E-state index in [0.717, 1.165) is 30.1 Å². The molecule has 0 aromatic rings. The lowest BCUT2D eigenvalue weighted by Crippen LogP contribution is -2.17. The number of rotatable bonds is 10. The van der Waals surface area contributed by atoms with E-state index in [1.165, 1.54) is 83.5 Å². The van der Waals surface area contributed by atoms with Crippen molar-refractivity contribution in [3.63, 3.8) is 0 Å². The smallest absolute Gasteiger partial charge is 0.0897 e. The van der Waals surface area contributed by atoms with Crippen LogP contribution >= 0.6 is 0 Å². The van der Waals surface area contributed by atoms with Crippen LogP contribution in [0.1, 0.15) is 103 Å². The Labute approximate surface area is 150 Å². The summed E-state index contributed by atoms with van der Waals surface area (Å²) in [7, 11) is 0. The molecule has 0 heterocycles. The molecule has 2 aliphatic carbocycles. The lowest BCUT2D eigenvalue weighted by molar-refractivity contribution is 0.220. The third kappa shape index (κ3) is 7.70. The zero-order valence-corrected chi connectivity index (χ0v) is 16.2. The summed E-state index contributed by atoms with van der Waals surface area (Å²) in [6, 6.07) is 0. The van der Waals surface area contributed by atoms with Crippen molar-refractivity contribution in [2.24, 2.45) is 23.7 Å². The first-order valence-corrected chi connectivity index (χ1v) is 11.0. The number of unbranched alkanes of at least 4 members (excludes halogenated alkanes) is 2. The minimum absolute atomic E-state index is 0.169. The van der Waals surface area contributed by atoms with Crippen LogP contribution in [-0.2, 0) is 0 Å². The van der Waals surface area contributed by atoms with Crippen molar-refractivity contribution >= 4 is 0 Å². The standard InChI is InChI=1S/C23H41F/c1-2-3-7-20-9-13-22(14-10-20)17-18-23-15-11-21(12-16-23)8-5-4-6-19-24/h5,8,20-23H,2-4,6-7,9-19H2,1H3/b8-5+/t20?,21-,22?,23-. The van der Waals surface area contributed by atoms with Gasteiger partial charge in [0.15, 0.2) is 0 Å². The van der Waals surface area contributed by atoms with Crippen molar-refractivity contribution in [2.75, 3.05) is 6.67 Å². The Morgan fingerprint density at radius 1 is 0.750 bits per heavy atom. The minimum atomic E-state index is -0.169. The van der Waals surface area contributed by atoms with E-state index in [1.54, 1.807) is 0 Å². The van der Waals surface area contributed by atoms with Gasteiger partial charge in [0.1, 0.15) is 0 Å². The SMILES string of the molecule is CCCCC1CCC(CC[C@H]2CC[C@H](/C=C/CCCF)CC2)CC1. The number of alkyl halides is 1. The molecule has 2 aliphatic rings. The van der Waals surface area contributed by atoms with E-state index >= 15 is 0 Å². The van der Waals surface area contributed by atoms with Crippen LogP contribution in [0.25, 0.3) is 0 Å². The maximum absolute atomic E-state index is 12.1. The van der Waals surface area contributed by atoms with Gasteiger partial charge in [0.25, 0.3) is 0 Å². The second kappa shape index (κ2) is 12.1. The minimum Gasteiger partial charge on any atom is -0.251 e.